The minimum Gasteiger partial charge on any atom is -0.374 e. The molecule has 13 rings (SSSR count). The fourth-order valence-corrected chi connectivity index (χ4v) is 13.4. The van der Waals surface area contributed by atoms with Gasteiger partial charge in [0.1, 0.15) is 73.2 Å². The summed E-state index contributed by atoms with van der Waals surface area (Å²) in [5, 5.41) is 0. The van der Waals surface area contributed by atoms with Crippen molar-refractivity contribution < 1.29 is 75.8 Å². The van der Waals surface area contributed by atoms with Gasteiger partial charge in [-0.3, -0.25) is 0 Å². The molecule has 0 aromatic heterocycles. The van der Waals surface area contributed by atoms with E-state index >= 15 is 0 Å². The van der Waals surface area contributed by atoms with Crippen LogP contribution in [0.4, 0.5) is 0 Å². The third-order valence-electron chi connectivity index (χ3n) is 18.8. The average Bonchev–Trinajstić information content (AvgIpc) is 0.760. The molecule has 0 bridgehead atoms. The van der Waals surface area contributed by atoms with Crippen LogP contribution in [0.15, 0.2) is 303 Å². The highest BCUT2D eigenvalue weighted by molar-refractivity contribution is 5.21. The first-order valence-corrected chi connectivity index (χ1v) is 36.3. The molecule has 0 N–H and O–H groups in total. The van der Waals surface area contributed by atoms with Gasteiger partial charge in [0, 0.05) is 7.11 Å². The van der Waals surface area contributed by atoms with Crippen molar-refractivity contribution in [2.45, 2.75) is 158 Å². The molecule has 3 saturated heterocycles. The van der Waals surface area contributed by atoms with Crippen molar-refractivity contribution in [3.05, 3.63) is 359 Å². The van der Waals surface area contributed by atoms with E-state index in [4.69, 9.17) is 75.8 Å². The van der Waals surface area contributed by atoms with Crippen LogP contribution in [0.25, 0.3) is 0 Å². The van der Waals surface area contributed by atoms with Crippen molar-refractivity contribution in [1.82, 2.24) is 0 Å². The molecule has 16 heteroatoms. The normalized spacial score (nSPS) is 24.6. The summed E-state index contributed by atoms with van der Waals surface area (Å²) in [5.41, 5.74) is 9.43. The van der Waals surface area contributed by atoms with Crippen LogP contribution in [0.5, 0.6) is 0 Å². The zero-order chi connectivity index (χ0) is 71.3. The van der Waals surface area contributed by atoms with E-state index in [-0.39, 0.29) is 85.9 Å². The van der Waals surface area contributed by atoms with Crippen LogP contribution < -0.4 is 0 Å². The van der Waals surface area contributed by atoms with Gasteiger partial charge in [-0.2, -0.15) is 0 Å². The monoisotopic (exact) mass is 1420 g/mol. The molecule has 16 nitrogen and oxygen atoms in total. The van der Waals surface area contributed by atoms with E-state index in [2.05, 4.69) is 0 Å². The van der Waals surface area contributed by atoms with E-state index in [0.717, 1.165) is 55.6 Å². The Morgan fingerprint density at radius 2 is 0.390 bits per heavy atom. The third kappa shape index (κ3) is 22.1. The highest BCUT2D eigenvalue weighted by Crippen LogP contribution is 2.40. The van der Waals surface area contributed by atoms with Gasteiger partial charge >= 0.3 is 0 Å². The summed E-state index contributed by atoms with van der Waals surface area (Å²) in [4.78, 5) is 0. The van der Waals surface area contributed by atoms with Crippen molar-refractivity contribution in [3.63, 3.8) is 0 Å². The molecule has 3 heterocycles. The van der Waals surface area contributed by atoms with Gasteiger partial charge in [0.2, 0.25) is 0 Å². The second-order valence-electron chi connectivity index (χ2n) is 26.4. The minimum atomic E-state index is -1.29. The molecule has 3 fully saturated rings. The Morgan fingerprint density at radius 1 is 0.200 bits per heavy atom. The van der Waals surface area contributed by atoms with Crippen molar-refractivity contribution in [3.8, 4) is 0 Å². The van der Waals surface area contributed by atoms with Crippen molar-refractivity contribution in [2.75, 3.05) is 26.9 Å². The molecule has 0 radical (unpaired) electrons. The molecule has 10 aromatic rings. The van der Waals surface area contributed by atoms with Crippen molar-refractivity contribution in [1.29, 1.82) is 0 Å². The Labute approximate surface area is 616 Å². The lowest BCUT2D eigenvalue weighted by Gasteiger charge is -2.52. The maximum Gasteiger partial charge on any atom is 0.187 e. The molecule has 0 spiro atoms. The van der Waals surface area contributed by atoms with Crippen molar-refractivity contribution in [2.24, 2.45) is 0 Å². The maximum absolute atomic E-state index is 7.97. The van der Waals surface area contributed by atoms with E-state index < -0.39 is 92.1 Å². The molecule has 0 amide bonds. The molecular weight excluding hydrogens is 1320 g/mol. The second kappa shape index (κ2) is 40.3. The summed E-state index contributed by atoms with van der Waals surface area (Å²) in [6.45, 7) is 2.12. The number of hydrogen-bond acceptors (Lipinski definition) is 16. The van der Waals surface area contributed by atoms with Gasteiger partial charge in [-0.15, -0.1) is 0 Å². The van der Waals surface area contributed by atoms with Gasteiger partial charge in [0.15, 0.2) is 18.9 Å². The summed E-state index contributed by atoms with van der Waals surface area (Å²) in [5.74, 6) is 0. The molecule has 546 valence electrons. The Bertz CT molecular complexity index is 3980. The molecule has 0 saturated carbocycles. The summed E-state index contributed by atoms with van der Waals surface area (Å²) in [6.07, 6.45) is -15.1. The van der Waals surface area contributed by atoms with Gasteiger partial charge in [0.05, 0.1) is 85.9 Å². The number of benzene rings is 10. The molecule has 3 aliphatic heterocycles. The van der Waals surface area contributed by atoms with Gasteiger partial charge in [-0.25, -0.2) is 0 Å². The predicted octanol–water partition coefficient (Wildman–Crippen LogP) is 15.3. The lowest BCUT2D eigenvalue weighted by Crippen LogP contribution is -2.68. The molecule has 0 unspecified atom stereocenters. The molecule has 3 aliphatic rings. The maximum atomic E-state index is 7.97. The van der Waals surface area contributed by atoms with E-state index in [1.165, 1.54) is 0 Å². The lowest BCUT2D eigenvalue weighted by atomic mass is 9.95. The second-order valence-corrected chi connectivity index (χ2v) is 26.4. The number of ether oxygens (including phenoxy) is 16. The van der Waals surface area contributed by atoms with Gasteiger partial charge in [-0.05, 0) is 55.6 Å². The highest BCUT2D eigenvalue weighted by atomic mass is 16.8. The summed E-state index contributed by atoms with van der Waals surface area (Å²) < 4.78 is 116. The fourth-order valence-electron chi connectivity index (χ4n) is 13.4. The number of methoxy groups -OCH3 is 1. The predicted molar refractivity (Wildman–Crippen MR) is 396 cm³/mol. The summed E-state index contributed by atoms with van der Waals surface area (Å²) in [7, 11) is 1.59. The van der Waals surface area contributed by atoms with Crippen LogP contribution in [-0.2, 0) is 142 Å². The van der Waals surface area contributed by atoms with Crippen molar-refractivity contribution >= 4 is 0 Å². The first-order chi connectivity index (χ1) is 52.0. The highest BCUT2D eigenvalue weighted by Gasteiger charge is 2.58. The van der Waals surface area contributed by atoms with Crippen LogP contribution >= 0.6 is 0 Å². The Morgan fingerprint density at radius 3 is 0.638 bits per heavy atom. The molecule has 10 aromatic carbocycles. The summed E-state index contributed by atoms with van der Waals surface area (Å²) >= 11 is 0. The molecular formula is C89H94O16. The van der Waals surface area contributed by atoms with E-state index in [9.17, 15) is 0 Å². The van der Waals surface area contributed by atoms with E-state index in [1.54, 1.807) is 7.11 Å². The Kier molecular flexibility index (Phi) is 28.7. The quantitative estimate of drug-likeness (QED) is 0.0361. The number of hydrogen-bond donors (Lipinski definition) is 0. The first kappa shape index (κ1) is 74.8. The van der Waals surface area contributed by atoms with Crippen LogP contribution in [0, 0.1) is 0 Å². The largest absolute Gasteiger partial charge is 0.374 e. The SMILES string of the molecule is CO[C@H]1O[C@H](COCc2ccccc2)[C@@H](O[C@H]2O[C@H](COCc3ccccc3)[C@@H](OCc3ccccc3)[C@H](OCc3ccccc3)[C@H]2OCc2ccccc2)[C@H](O[C@H]2O[C@H](COCc3ccccc3)[C@@H](OCc3ccccc3)[C@H](OCc3ccccc3)[C@H]2OCc2ccccc2)[C@H]1OCc1ccccc1. The number of rotatable bonds is 38. The standard InChI is InChI=1S/C89H94O16/c1-90-87-86(100-61-74-50-30-11-31-51-74)83(105-89-85(99-60-73-48-28-10-29-49-73)82(97-58-71-44-24-8-25-45-71)79(95-56-69-40-20-6-21-41-69)76(103-89)63-92-53-66-34-14-3-15-35-66)80(77(101-87)64-93-54-67-36-16-4-17-37-67)104-88-84(98-59-72-46-26-9-27-47-72)81(96-57-70-42-22-7-23-43-70)78(94-55-68-38-18-5-19-39-68)75(102-88)62-91-52-65-32-12-2-13-33-65/h2-51,75-89H,52-64H2,1H3/t75-,76-,77-,78-,79-,80-,81+,82+,83+,84-,85-,86-,87+,88-,89-/m1/s1. The van der Waals surface area contributed by atoms with Gasteiger partial charge < -0.3 is 75.8 Å². The molecule has 0 aliphatic carbocycles. The third-order valence-corrected chi connectivity index (χ3v) is 18.8. The zero-order valence-corrected chi connectivity index (χ0v) is 59.3. The average molecular weight is 1420 g/mol. The van der Waals surface area contributed by atoms with Crippen LogP contribution in [-0.4, -0.2) is 119 Å². The van der Waals surface area contributed by atoms with Crippen LogP contribution in [0.2, 0.25) is 0 Å². The molecule has 105 heavy (non-hydrogen) atoms. The fraction of sp³-hybridized carbons (Fsp3) is 0.326. The topological polar surface area (TPSA) is 148 Å². The first-order valence-electron chi connectivity index (χ1n) is 36.3. The van der Waals surface area contributed by atoms with Crippen LogP contribution in [0.1, 0.15) is 55.6 Å². The van der Waals surface area contributed by atoms with Gasteiger partial charge in [0.25, 0.3) is 0 Å². The van der Waals surface area contributed by atoms with Crippen LogP contribution in [0.3, 0.4) is 0 Å². The lowest BCUT2D eigenvalue weighted by molar-refractivity contribution is -0.399. The van der Waals surface area contributed by atoms with E-state index in [0.29, 0.717) is 0 Å². The van der Waals surface area contributed by atoms with Gasteiger partial charge in [-0.1, -0.05) is 303 Å². The summed E-state index contributed by atoms with van der Waals surface area (Å²) in [6, 6.07) is 100. The Hall–Kier alpha value is -8.44. The smallest absolute Gasteiger partial charge is 0.187 e. The Balaban J connectivity index is 0.947. The molecule has 15 atom stereocenters. The zero-order valence-electron chi connectivity index (χ0n) is 59.3. The minimum absolute atomic E-state index is 0.0269. The van der Waals surface area contributed by atoms with E-state index in [1.807, 2.05) is 303 Å².